The first-order valence-electron chi connectivity index (χ1n) is 6.57. The van der Waals surface area contributed by atoms with Gasteiger partial charge in [0.25, 0.3) is 0 Å². The highest BCUT2D eigenvalue weighted by Crippen LogP contribution is 2.48. The van der Waals surface area contributed by atoms with Gasteiger partial charge in [0.1, 0.15) is 11.6 Å². The van der Waals surface area contributed by atoms with Gasteiger partial charge >= 0.3 is 0 Å². The van der Waals surface area contributed by atoms with Gasteiger partial charge in [0.2, 0.25) is 5.91 Å². The number of hydrogen-bond acceptors (Lipinski definition) is 2. The molecule has 112 valence electrons. The number of amides is 1. The average Bonchev–Trinajstić information content (AvgIpc) is 3.17. The van der Waals surface area contributed by atoms with Crippen molar-refractivity contribution in [2.24, 2.45) is 5.92 Å². The highest BCUT2D eigenvalue weighted by Gasteiger charge is 2.45. The zero-order valence-corrected chi connectivity index (χ0v) is 12.1. The van der Waals surface area contributed by atoms with Gasteiger partial charge < -0.3 is 10.6 Å². The fourth-order valence-electron chi connectivity index (χ4n) is 2.21. The lowest BCUT2D eigenvalue weighted by molar-refractivity contribution is -0.122. The van der Waals surface area contributed by atoms with Crippen LogP contribution in [-0.4, -0.2) is 25.5 Å². The first-order chi connectivity index (χ1) is 9.13. The molecule has 0 spiro atoms. The molecule has 2 rings (SSSR count). The quantitative estimate of drug-likeness (QED) is 0.791. The molecule has 0 bridgehead atoms. The van der Waals surface area contributed by atoms with E-state index in [1.54, 1.807) is 0 Å². The van der Waals surface area contributed by atoms with Crippen LogP contribution < -0.4 is 10.6 Å². The molecule has 2 N–H and O–H groups in total. The molecule has 0 aliphatic heterocycles. The SMILES string of the molecule is CCNCCNC(=O)C1CC1c1cc(F)ccc1F.Cl. The van der Waals surface area contributed by atoms with Crippen molar-refractivity contribution < 1.29 is 13.6 Å². The maximum absolute atomic E-state index is 13.5. The number of rotatable bonds is 6. The summed E-state index contributed by atoms with van der Waals surface area (Å²) < 4.78 is 26.6. The van der Waals surface area contributed by atoms with Crippen LogP contribution in [0.1, 0.15) is 24.8 Å². The summed E-state index contributed by atoms with van der Waals surface area (Å²) >= 11 is 0. The largest absolute Gasteiger partial charge is 0.355 e. The summed E-state index contributed by atoms with van der Waals surface area (Å²) in [6, 6.07) is 3.39. The van der Waals surface area contributed by atoms with Crippen molar-refractivity contribution in [1.29, 1.82) is 0 Å². The van der Waals surface area contributed by atoms with Gasteiger partial charge in [0, 0.05) is 19.0 Å². The number of carbonyl (C=O) groups excluding carboxylic acids is 1. The molecule has 1 amide bonds. The van der Waals surface area contributed by atoms with Crippen LogP contribution in [0.4, 0.5) is 8.78 Å². The Kier molecular flexibility index (Phi) is 6.36. The van der Waals surface area contributed by atoms with Crippen molar-refractivity contribution in [1.82, 2.24) is 10.6 Å². The molecule has 0 aromatic heterocycles. The number of hydrogen-bond donors (Lipinski definition) is 2. The Morgan fingerprint density at radius 1 is 1.35 bits per heavy atom. The Bertz CT molecular complexity index is 470. The summed E-state index contributed by atoms with van der Waals surface area (Å²) in [6.45, 7) is 4.12. The highest BCUT2D eigenvalue weighted by atomic mass is 35.5. The topological polar surface area (TPSA) is 41.1 Å². The number of halogens is 3. The lowest BCUT2D eigenvalue weighted by Crippen LogP contribution is -2.32. The van der Waals surface area contributed by atoms with E-state index in [1.807, 2.05) is 6.92 Å². The van der Waals surface area contributed by atoms with Gasteiger partial charge in [0.05, 0.1) is 0 Å². The summed E-state index contributed by atoms with van der Waals surface area (Å²) in [5.74, 6) is -1.39. The Labute approximate surface area is 123 Å². The Hall–Kier alpha value is -1.20. The third-order valence-electron chi connectivity index (χ3n) is 3.34. The second-order valence-electron chi connectivity index (χ2n) is 4.76. The van der Waals surface area contributed by atoms with E-state index >= 15 is 0 Å². The average molecular weight is 305 g/mol. The smallest absolute Gasteiger partial charge is 0.223 e. The summed E-state index contributed by atoms with van der Waals surface area (Å²) in [5, 5.41) is 5.89. The number of benzene rings is 1. The maximum Gasteiger partial charge on any atom is 0.223 e. The minimum Gasteiger partial charge on any atom is -0.355 e. The molecule has 20 heavy (non-hydrogen) atoms. The Morgan fingerprint density at radius 3 is 2.80 bits per heavy atom. The van der Waals surface area contributed by atoms with E-state index in [0.717, 1.165) is 18.7 Å². The number of nitrogens with one attached hydrogen (secondary N) is 2. The maximum atomic E-state index is 13.5. The molecule has 0 saturated heterocycles. The van der Waals surface area contributed by atoms with Crippen molar-refractivity contribution in [2.45, 2.75) is 19.3 Å². The fourth-order valence-corrected chi connectivity index (χ4v) is 2.21. The Morgan fingerprint density at radius 2 is 2.10 bits per heavy atom. The summed E-state index contributed by atoms with van der Waals surface area (Å²) in [6.07, 6.45) is 0.591. The Balaban J connectivity index is 0.00000200. The zero-order chi connectivity index (χ0) is 13.8. The van der Waals surface area contributed by atoms with E-state index in [9.17, 15) is 13.6 Å². The molecule has 1 aliphatic rings. The van der Waals surface area contributed by atoms with Gasteiger partial charge in [-0.15, -0.1) is 12.4 Å². The monoisotopic (exact) mass is 304 g/mol. The first kappa shape index (κ1) is 16.9. The van der Waals surface area contributed by atoms with Gasteiger partial charge in [-0.1, -0.05) is 6.92 Å². The lowest BCUT2D eigenvalue weighted by Gasteiger charge is -2.06. The van der Waals surface area contributed by atoms with E-state index < -0.39 is 11.6 Å². The van der Waals surface area contributed by atoms with E-state index in [2.05, 4.69) is 10.6 Å². The molecule has 0 heterocycles. The van der Waals surface area contributed by atoms with E-state index in [-0.39, 0.29) is 30.2 Å². The molecule has 2 atom stereocenters. The van der Waals surface area contributed by atoms with Crippen LogP contribution in [0, 0.1) is 17.6 Å². The summed E-state index contributed by atoms with van der Waals surface area (Å²) in [7, 11) is 0. The van der Waals surface area contributed by atoms with Gasteiger partial charge in [-0.3, -0.25) is 4.79 Å². The van der Waals surface area contributed by atoms with Crippen LogP contribution in [-0.2, 0) is 4.79 Å². The first-order valence-corrected chi connectivity index (χ1v) is 6.57. The molecule has 6 heteroatoms. The van der Waals surface area contributed by atoms with Crippen LogP contribution >= 0.6 is 12.4 Å². The van der Waals surface area contributed by atoms with Gasteiger partial charge in [-0.05, 0) is 42.6 Å². The van der Waals surface area contributed by atoms with E-state index in [1.165, 1.54) is 6.07 Å². The summed E-state index contributed by atoms with van der Waals surface area (Å²) in [4.78, 5) is 11.8. The third-order valence-corrected chi connectivity index (χ3v) is 3.34. The predicted octanol–water partition coefficient (Wildman–Crippen LogP) is 2.22. The van der Waals surface area contributed by atoms with Crippen LogP contribution in [0.5, 0.6) is 0 Å². The third kappa shape index (κ3) is 4.15. The van der Waals surface area contributed by atoms with Gasteiger partial charge in [-0.25, -0.2) is 8.78 Å². The zero-order valence-electron chi connectivity index (χ0n) is 11.3. The van der Waals surface area contributed by atoms with Crippen LogP contribution in [0.3, 0.4) is 0 Å². The predicted molar refractivity (Wildman–Crippen MR) is 76.0 cm³/mol. The highest BCUT2D eigenvalue weighted by molar-refractivity contribution is 5.85. The minimum absolute atomic E-state index is 0. The van der Waals surface area contributed by atoms with Crippen molar-refractivity contribution in [3.05, 3.63) is 35.4 Å². The van der Waals surface area contributed by atoms with Crippen molar-refractivity contribution >= 4 is 18.3 Å². The fraction of sp³-hybridized carbons (Fsp3) is 0.500. The van der Waals surface area contributed by atoms with Crippen LogP contribution in [0.25, 0.3) is 0 Å². The van der Waals surface area contributed by atoms with Crippen molar-refractivity contribution in [2.75, 3.05) is 19.6 Å². The van der Waals surface area contributed by atoms with Crippen molar-refractivity contribution in [3.63, 3.8) is 0 Å². The molecule has 0 radical (unpaired) electrons. The van der Waals surface area contributed by atoms with E-state index in [0.29, 0.717) is 25.1 Å². The standard InChI is InChI=1S/C14H18F2N2O.ClH/c1-2-17-5-6-18-14(19)12-8-10(12)11-7-9(15)3-4-13(11)16;/h3-4,7,10,12,17H,2,5-6,8H2,1H3,(H,18,19);1H. The molecular weight excluding hydrogens is 286 g/mol. The molecule has 2 unspecified atom stereocenters. The molecule has 3 nitrogen and oxygen atoms in total. The molecule has 1 fully saturated rings. The normalized spacial score (nSPS) is 20.1. The molecule has 1 aromatic rings. The van der Waals surface area contributed by atoms with E-state index in [4.69, 9.17) is 0 Å². The van der Waals surface area contributed by atoms with Crippen molar-refractivity contribution in [3.8, 4) is 0 Å². The molecule has 1 aliphatic carbocycles. The molecular formula is C14H19ClF2N2O. The van der Waals surface area contributed by atoms with Gasteiger partial charge in [-0.2, -0.15) is 0 Å². The second-order valence-corrected chi connectivity index (χ2v) is 4.76. The second kappa shape index (κ2) is 7.55. The van der Waals surface area contributed by atoms with Crippen LogP contribution in [0.2, 0.25) is 0 Å². The van der Waals surface area contributed by atoms with Crippen LogP contribution in [0.15, 0.2) is 18.2 Å². The minimum atomic E-state index is -0.463. The molecule has 1 saturated carbocycles. The number of carbonyl (C=O) groups is 1. The van der Waals surface area contributed by atoms with Gasteiger partial charge in [0.15, 0.2) is 0 Å². The molecule has 1 aromatic carbocycles. The lowest BCUT2D eigenvalue weighted by atomic mass is 10.1. The number of likely N-dealkylation sites (N-methyl/N-ethyl adjacent to an activating group) is 1. The summed E-state index contributed by atoms with van der Waals surface area (Å²) in [5.41, 5.74) is 0.312.